The smallest absolute Gasteiger partial charge is 0.287 e. The Morgan fingerprint density at radius 3 is 2.70 bits per heavy atom. The van der Waals surface area contributed by atoms with E-state index in [9.17, 15) is 4.79 Å². The van der Waals surface area contributed by atoms with Gasteiger partial charge < -0.3 is 19.4 Å². The fourth-order valence-electron chi connectivity index (χ4n) is 3.56. The second-order valence-corrected chi connectivity index (χ2v) is 7.56. The van der Waals surface area contributed by atoms with Gasteiger partial charge in [-0.1, -0.05) is 24.1 Å². The summed E-state index contributed by atoms with van der Waals surface area (Å²) in [4.78, 5) is 14.8. The summed E-state index contributed by atoms with van der Waals surface area (Å²) < 4.78 is 11.5. The van der Waals surface area contributed by atoms with Crippen molar-refractivity contribution < 1.29 is 13.9 Å². The molecule has 1 aliphatic heterocycles. The van der Waals surface area contributed by atoms with E-state index in [0.717, 1.165) is 30.9 Å². The van der Waals surface area contributed by atoms with Crippen LogP contribution < -0.4 is 10.1 Å². The highest BCUT2D eigenvalue weighted by Gasteiger charge is 2.17. The van der Waals surface area contributed by atoms with Crippen LogP contribution in [0.5, 0.6) is 5.75 Å². The average Bonchev–Trinajstić information content (AvgIpc) is 3.11. The SMILES string of the molecule is Cc1ccc(OCc2ccc(C(=O)NC(C)CN3CCCCC3)o2)c(C)c1. The van der Waals surface area contributed by atoms with Gasteiger partial charge in [-0.25, -0.2) is 0 Å². The van der Waals surface area contributed by atoms with E-state index in [0.29, 0.717) is 18.1 Å². The monoisotopic (exact) mass is 370 g/mol. The van der Waals surface area contributed by atoms with E-state index >= 15 is 0 Å². The quantitative estimate of drug-likeness (QED) is 0.798. The topological polar surface area (TPSA) is 54.7 Å². The van der Waals surface area contributed by atoms with Crippen molar-refractivity contribution in [3.63, 3.8) is 0 Å². The maximum Gasteiger partial charge on any atom is 0.287 e. The van der Waals surface area contributed by atoms with E-state index < -0.39 is 0 Å². The second kappa shape index (κ2) is 9.09. The van der Waals surface area contributed by atoms with Crippen LogP contribution in [0.2, 0.25) is 0 Å². The molecule has 0 aliphatic carbocycles. The molecule has 1 amide bonds. The van der Waals surface area contributed by atoms with Gasteiger partial charge in [-0.05, 0) is 70.5 Å². The third-order valence-electron chi connectivity index (χ3n) is 4.94. The van der Waals surface area contributed by atoms with Crippen molar-refractivity contribution in [3.05, 3.63) is 53.0 Å². The standard InChI is InChI=1S/C22H30N2O3/c1-16-7-9-20(17(2)13-16)26-15-19-8-10-21(27-19)22(25)23-18(3)14-24-11-5-4-6-12-24/h7-10,13,18H,4-6,11-12,14-15H2,1-3H3,(H,23,25). The van der Waals surface area contributed by atoms with Gasteiger partial charge in [-0.15, -0.1) is 0 Å². The summed E-state index contributed by atoms with van der Waals surface area (Å²) in [5, 5.41) is 3.03. The summed E-state index contributed by atoms with van der Waals surface area (Å²) in [6, 6.07) is 9.67. The molecule has 5 nitrogen and oxygen atoms in total. The zero-order valence-corrected chi connectivity index (χ0v) is 16.6. The van der Waals surface area contributed by atoms with E-state index in [1.165, 1.54) is 24.8 Å². The second-order valence-electron chi connectivity index (χ2n) is 7.56. The number of nitrogens with one attached hydrogen (secondary N) is 1. The maximum absolute atomic E-state index is 12.4. The van der Waals surface area contributed by atoms with Crippen LogP contribution in [0.4, 0.5) is 0 Å². The molecule has 5 heteroatoms. The van der Waals surface area contributed by atoms with Crippen LogP contribution >= 0.6 is 0 Å². The number of hydrogen-bond acceptors (Lipinski definition) is 4. The Bertz CT molecular complexity index is 763. The summed E-state index contributed by atoms with van der Waals surface area (Å²) in [5.74, 6) is 1.64. The fourth-order valence-corrected chi connectivity index (χ4v) is 3.56. The Morgan fingerprint density at radius 1 is 1.19 bits per heavy atom. The van der Waals surface area contributed by atoms with Crippen LogP contribution in [0.3, 0.4) is 0 Å². The van der Waals surface area contributed by atoms with Crippen LogP contribution in [-0.2, 0) is 6.61 Å². The highest BCUT2D eigenvalue weighted by Crippen LogP contribution is 2.20. The molecule has 1 fully saturated rings. The lowest BCUT2D eigenvalue weighted by Crippen LogP contribution is -2.43. The minimum Gasteiger partial charge on any atom is -0.485 e. The molecule has 1 unspecified atom stereocenters. The highest BCUT2D eigenvalue weighted by molar-refractivity contribution is 5.91. The number of likely N-dealkylation sites (tertiary alicyclic amines) is 1. The number of carbonyl (C=O) groups excluding carboxylic acids is 1. The first kappa shape index (κ1) is 19.5. The molecule has 2 aromatic rings. The molecule has 1 saturated heterocycles. The predicted octanol–water partition coefficient (Wildman–Crippen LogP) is 4.08. The van der Waals surface area contributed by atoms with E-state index in [1.807, 2.05) is 26.0 Å². The summed E-state index contributed by atoms with van der Waals surface area (Å²) in [5.41, 5.74) is 2.29. The van der Waals surface area contributed by atoms with E-state index in [2.05, 4.69) is 23.2 Å². The number of rotatable bonds is 7. The van der Waals surface area contributed by atoms with Gasteiger partial charge in [0, 0.05) is 12.6 Å². The number of nitrogens with zero attached hydrogens (tertiary/aromatic N) is 1. The van der Waals surface area contributed by atoms with Gasteiger partial charge in [0.1, 0.15) is 18.1 Å². The molecule has 0 radical (unpaired) electrons. The van der Waals surface area contributed by atoms with E-state index in [-0.39, 0.29) is 11.9 Å². The van der Waals surface area contributed by atoms with Crippen LogP contribution in [0.15, 0.2) is 34.7 Å². The van der Waals surface area contributed by atoms with E-state index in [1.54, 1.807) is 12.1 Å². The molecule has 1 atom stereocenters. The Morgan fingerprint density at radius 2 is 1.96 bits per heavy atom. The lowest BCUT2D eigenvalue weighted by molar-refractivity contribution is 0.0893. The Labute approximate surface area is 161 Å². The normalized spacial score (nSPS) is 16.1. The van der Waals surface area contributed by atoms with Crippen molar-refractivity contribution >= 4 is 5.91 Å². The van der Waals surface area contributed by atoms with Gasteiger partial charge in [-0.3, -0.25) is 4.79 Å². The summed E-state index contributed by atoms with van der Waals surface area (Å²) in [6.07, 6.45) is 3.82. The number of amides is 1. The van der Waals surface area contributed by atoms with Crippen LogP contribution in [0.25, 0.3) is 0 Å². The van der Waals surface area contributed by atoms with Gasteiger partial charge in [0.25, 0.3) is 5.91 Å². The average molecular weight is 370 g/mol. The van der Waals surface area contributed by atoms with Gasteiger partial charge in [0.05, 0.1) is 0 Å². The maximum atomic E-state index is 12.4. The third-order valence-corrected chi connectivity index (χ3v) is 4.94. The van der Waals surface area contributed by atoms with Crippen molar-refractivity contribution in [2.45, 2.75) is 52.7 Å². The van der Waals surface area contributed by atoms with Crippen LogP contribution in [0.1, 0.15) is 53.6 Å². The molecule has 1 aliphatic rings. The summed E-state index contributed by atoms with van der Waals surface area (Å²) in [7, 11) is 0. The molecule has 0 spiro atoms. The Kier molecular flexibility index (Phi) is 6.56. The number of benzene rings is 1. The number of ether oxygens (including phenoxy) is 1. The predicted molar refractivity (Wildman–Crippen MR) is 106 cm³/mol. The molecule has 1 N–H and O–H groups in total. The third kappa shape index (κ3) is 5.60. The zero-order valence-electron chi connectivity index (χ0n) is 16.6. The molecule has 1 aromatic carbocycles. The number of carbonyl (C=O) groups is 1. The lowest BCUT2D eigenvalue weighted by atomic mass is 10.1. The molecule has 0 saturated carbocycles. The first-order chi connectivity index (χ1) is 13.0. The molecular weight excluding hydrogens is 340 g/mol. The Balaban J connectivity index is 1.49. The molecule has 2 heterocycles. The minimum absolute atomic E-state index is 0.0932. The van der Waals surface area contributed by atoms with Crippen molar-refractivity contribution in [1.29, 1.82) is 0 Å². The molecule has 0 bridgehead atoms. The van der Waals surface area contributed by atoms with Crippen LogP contribution in [-0.4, -0.2) is 36.5 Å². The van der Waals surface area contributed by atoms with Gasteiger partial charge in [-0.2, -0.15) is 0 Å². The molecular formula is C22H30N2O3. The number of aryl methyl sites for hydroxylation is 2. The molecule has 3 rings (SSSR count). The van der Waals surface area contributed by atoms with Crippen molar-refractivity contribution in [2.24, 2.45) is 0 Å². The summed E-state index contributed by atoms with van der Waals surface area (Å²) in [6.45, 7) is 9.56. The highest BCUT2D eigenvalue weighted by atomic mass is 16.5. The van der Waals surface area contributed by atoms with Crippen molar-refractivity contribution in [1.82, 2.24) is 10.2 Å². The number of piperidine rings is 1. The van der Waals surface area contributed by atoms with Gasteiger partial charge in [0.15, 0.2) is 5.76 Å². The summed E-state index contributed by atoms with van der Waals surface area (Å²) >= 11 is 0. The minimum atomic E-state index is -0.169. The van der Waals surface area contributed by atoms with Crippen LogP contribution in [0, 0.1) is 13.8 Å². The fraction of sp³-hybridized carbons (Fsp3) is 0.500. The van der Waals surface area contributed by atoms with Gasteiger partial charge in [0.2, 0.25) is 0 Å². The largest absolute Gasteiger partial charge is 0.485 e. The lowest BCUT2D eigenvalue weighted by Gasteiger charge is -2.29. The molecule has 27 heavy (non-hydrogen) atoms. The number of furan rings is 1. The first-order valence-electron chi connectivity index (χ1n) is 9.83. The zero-order chi connectivity index (χ0) is 19.2. The van der Waals surface area contributed by atoms with Crippen molar-refractivity contribution in [3.8, 4) is 5.75 Å². The molecule has 1 aromatic heterocycles. The number of hydrogen-bond donors (Lipinski definition) is 1. The van der Waals surface area contributed by atoms with Gasteiger partial charge >= 0.3 is 0 Å². The Hall–Kier alpha value is -2.27. The molecule has 146 valence electrons. The first-order valence-corrected chi connectivity index (χ1v) is 9.83. The van der Waals surface area contributed by atoms with Crippen molar-refractivity contribution in [2.75, 3.05) is 19.6 Å². The van der Waals surface area contributed by atoms with E-state index in [4.69, 9.17) is 9.15 Å².